The predicted octanol–water partition coefficient (Wildman–Crippen LogP) is 3.85. The normalized spacial score (nSPS) is 15.5. The van der Waals surface area contributed by atoms with Crippen molar-refractivity contribution in [1.82, 2.24) is 9.78 Å². The minimum atomic E-state index is -4.61. The first-order valence-corrected chi connectivity index (χ1v) is 7.42. The average molecular weight is 378 g/mol. The lowest BCUT2D eigenvalue weighted by molar-refractivity contribution is -0.137. The molecule has 2 heterocycles. The lowest BCUT2D eigenvalue weighted by Crippen LogP contribution is -2.30. The van der Waals surface area contributed by atoms with Crippen LogP contribution in [0.3, 0.4) is 0 Å². The van der Waals surface area contributed by atoms with Gasteiger partial charge in [0.1, 0.15) is 11.5 Å². The van der Waals surface area contributed by atoms with Crippen molar-refractivity contribution in [3.8, 4) is 5.69 Å². The predicted molar refractivity (Wildman–Crippen MR) is 80.3 cm³/mol. The number of rotatable bonds is 2. The molecular formula is C14H8Cl2F3N3O2. The Morgan fingerprint density at radius 2 is 1.58 bits per heavy atom. The van der Waals surface area contributed by atoms with Crippen LogP contribution in [0.2, 0.25) is 10.0 Å². The number of halogens is 5. The van der Waals surface area contributed by atoms with E-state index in [-0.39, 0.29) is 34.4 Å². The van der Waals surface area contributed by atoms with Gasteiger partial charge in [0.15, 0.2) is 0 Å². The molecule has 1 aliphatic rings. The van der Waals surface area contributed by atoms with Crippen molar-refractivity contribution in [2.24, 2.45) is 0 Å². The molecule has 1 aromatic carbocycles. The van der Waals surface area contributed by atoms with Gasteiger partial charge in [0, 0.05) is 18.9 Å². The average Bonchev–Trinajstić information content (AvgIpc) is 3.04. The smallest absolute Gasteiger partial charge is 0.274 e. The van der Waals surface area contributed by atoms with Crippen molar-refractivity contribution in [3.05, 3.63) is 40.0 Å². The summed E-state index contributed by atoms with van der Waals surface area (Å²) < 4.78 is 39.5. The molecule has 0 atom stereocenters. The van der Waals surface area contributed by atoms with E-state index in [0.29, 0.717) is 12.1 Å². The topological polar surface area (TPSA) is 55.2 Å². The van der Waals surface area contributed by atoms with Gasteiger partial charge in [-0.3, -0.25) is 9.59 Å². The van der Waals surface area contributed by atoms with Crippen LogP contribution < -0.4 is 4.90 Å². The van der Waals surface area contributed by atoms with Crippen LogP contribution in [0.15, 0.2) is 24.4 Å². The fraction of sp³-hybridized carbons (Fsp3) is 0.214. The highest BCUT2D eigenvalue weighted by atomic mass is 35.5. The third-order valence-electron chi connectivity index (χ3n) is 3.46. The van der Waals surface area contributed by atoms with Gasteiger partial charge < -0.3 is 0 Å². The molecule has 1 saturated heterocycles. The van der Waals surface area contributed by atoms with Crippen molar-refractivity contribution in [1.29, 1.82) is 0 Å². The van der Waals surface area contributed by atoms with Gasteiger partial charge in [-0.2, -0.15) is 18.3 Å². The standard InChI is InChI=1S/C14H8Cl2F3N3O2/c15-8-5-7(14(17,18)19)6-9(16)13(8)22-10(3-4-20-22)21-11(23)1-2-12(21)24/h3-6H,1-2H2. The van der Waals surface area contributed by atoms with Crippen LogP contribution in [0.25, 0.3) is 5.69 Å². The van der Waals surface area contributed by atoms with Gasteiger partial charge in [0.25, 0.3) is 0 Å². The highest BCUT2D eigenvalue weighted by Crippen LogP contribution is 2.39. The number of hydrogen-bond acceptors (Lipinski definition) is 3. The largest absolute Gasteiger partial charge is 0.416 e. The molecule has 126 valence electrons. The van der Waals surface area contributed by atoms with Crippen LogP contribution in [0.5, 0.6) is 0 Å². The van der Waals surface area contributed by atoms with Gasteiger partial charge in [-0.1, -0.05) is 23.2 Å². The molecular weight excluding hydrogens is 370 g/mol. The fourth-order valence-corrected chi connectivity index (χ4v) is 3.05. The number of carbonyl (C=O) groups is 2. The highest BCUT2D eigenvalue weighted by molar-refractivity contribution is 6.38. The second-order valence-corrected chi connectivity index (χ2v) is 5.82. The molecule has 10 heteroatoms. The molecule has 1 aromatic heterocycles. The summed E-state index contributed by atoms with van der Waals surface area (Å²) in [7, 11) is 0. The zero-order valence-corrected chi connectivity index (χ0v) is 13.3. The lowest BCUT2D eigenvalue weighted by Gasteiger charge is -2.18. The molecule has 0 bridgehead atoms. The Hall–Kier alpha value is -2.06. The molecule has 24 heavy (non-hydrogen) atoms. The minimum absolute atomic E-state index is 0.0427. The molecule has 1 fully saturated rings. The molecule has 0 spiro atoms. The van der Waals surface area contributed by atoms with E-state index < -0.39 is 23.6 Å². The molecule has 0 N–H and O–H groups in total. The summed E-state index contributed by atoms with van der Waals surface area (Å²) in [6, 6.07) is 2.80. The Labute approximate surface area is 143 Å². The number of nitrogens with zero attached hydrogens (tertiary/aromatic N) is 3. The number of anilines is 1. The molecule has 0 saturated carbocycles. The van der Waals surface area contributed by atoms with Crippen LogP contribution in [0, 0.1) is 0 Å². The zero-order valence-electron chi connectivity index (χ0n) is 11.8. The monoisotopic (exact) mass is 377 g/mol. The number of benzene rings is 1. The number of aromatic nitrogens is 2. The Balaban J connectivity index is 2.14. The second kappa shape index (κ2) is 5.78. The Bertz CT molecular complexity index is 809. The van der Waals surface area contributed by atoms with Crippen molar-refractivity contribution in [2.75, 3.05) is 4.90 Å². The van der Waals surface area contributed by atoms with Crippen LogP contribution in [0.4, 0.5) is 19.0 Å². The summed E-state index contributed by atoms with van der Waals surface area (Å²) in [6.07, 6.45) is -3.21. The Morgan fingerprint density at radius 3 is 2.08 bits per heavy atom. The summed E-state index contributed by atoms with van der Waals surface area (Å²) in [4.78, 5) is 24.7. The first-order valence-electron chi connectivity index (χ1n) is 6.66. The number of alkyl halides is 3. The van der Waals surface area contributed by atoms with E-state index in [1.807, 2.05) is 0 Å². The van der Waals surface area contributed by atoms with E-state index in [0.717, 1.165) is 9.58 Å². The van der Waals surface area contributed by atoms with Gasteiger partial charge in [-0.25, -0.2) is 9.58 Å². The maximum atomic E-state index is 12.8. The van der Waals surface area contributed by atoms with Gasteiger partial charge in [0.05, 0.1) is 21.8 Å². The third-order valence-corrected chi connectivity index (χ3v) is 4.04. The minimum Gasteiger partial charge on any atom is -0.274 e. The van der Waals surface area contributed by atoms with E-state index in [1.54, 1.807) is 0 Å². The number of carbonyl (C=O) groups excluding carboxylic acids is 2. The van der Waals surface area contributed by atoms with E-state index in [9.17, 15) is 22.8 Å². The molecule has 5 nitrogen and oxygen atoms in total. The molecule has 3 rings (SSSR count). The molecule has 2 amide bonds. The highest BCUT2D eigenvalue weighted by Gasteiger charge is 2.35. The van der Waals surface area contributed by atoms with Gasteiger partial charge >= 0.3 is 6.18 Å². The molecule has 0 radical (unpaired) electrons. The van der Waals surface area contributed by atoms with Crippen LogP contribution in [-0.2, 0) is 15.8 Å². The van der Waals surface area contributed by atoms with Crippen LogP contribution in [-0.4, -0.2) is 21.6 Å². The number of amides is 2. The van der Waals surface area contributed by atoms with Crippen molar-refractivity contribution < 1.29 is 22.8 Å². The van der Waals surface area contributed by atoms with Crippen molar-refractivity contribution >= 4 is 40.8 Å². The lowest BCUT2D eigenvalue weighted by atomic mass is 10.2. The summed E-state index contributed by atoms with van der Waals surface area (Å²) in [5, 5.41) is 3.32. The quantitative estimate of drug-likeness (QED) is 0.746. The maximum absolute atomic E-state index is 12.8. The summed E-state index contributed by atoms with van der Waals surface area (Å²) in [5.74, 6) is -0.784. The zero-order chi connectivity index (χ0) is 17.6. The van der Waals surface area contributed by atoms with Crippen molar-refractivity contribution in [3.63, 3.8) is 0 Å². The summed E-state index contributed by atoms with van der Waals surface area (Å²) in [6.45, 7) is 0. The number of hydrogen-bond donors (Lipinski definition) is 0. The van der Waals surface area contributed by atoms with Crippen LogP contribution >= 0.6 is 23.2 Å². The van der Waals surface area contributed by atoms with E-state index in [2.05, 4.69) is 5.10 Å². The second-order valence-electron chi connectivity index (χ2n) is 5.01. The molecule has 0 unspecified atom stereocenters. The third kappa shape index (κ3) is 2.76. The van der Waals surface area contributed by atoms with E-state index in [1.165, 1.54) is 12.3 Å². The first-order chi connectivity index (χ1) is 11.2. The molecule has 1 aliphatic heterocycles. The SMILES string of the molecule is O=C1CCC(=O)N1c1ccnn1-c1c(Cl)cc(C(F)(F)F)cc1Cl. The van der Waals surface area contributed by atoms with Crippen LogP contribution in [0.1, 0.15) is 18.4 Å². The van der Waals surface area contributed by atoms with E-state index >= 15 is 0 Å². The molecule has 0 aliphatic carbocycles. The Morgan fingerprint density at radius 1 is 1.04 bits per heavy atom. The van der Waals surface area contributed by atoms with Crippen molar-refractivity contribution in [2.45, 2.75) is 19.0 Å². The van der Waals surface area contributed by atoms with E-state index in [4.69, 9.17) is 23.2 Å². The fourth-order valence-electron chi connectivity index (χ4n) is 2.40. The number of imide groups is 1. The van der Waals surface area contributed by atoms with Gasteiger partial charge in [0.2, 0.25) is 11.8 Å². The van der Waals surface area contributed by atoms with Gasteiger partial charge in [-0.05, 0) is 12.1 Å². The maximum Gasteiger partial charge on any atom is 0.416 e. The molecule has 2 aromatic rings. The summed E-state index contributed by atoms with van der Waals surface area (Å²) in [5.41, 5.74) is -1.05. The van der Waals surface area contributed by atoms with Gasteiger partial charge in [-0.15, -0.1) is 0 Å². The first kappa shape index (κ1) is 16.8. The summed E-state index contributed by atoms with van der Waals surface area (Å²) >= 11 is 11.9. The Kier molecular flexibility index (Phi) is 4.05.